The molecular formula is C15H24O2. The molecule has 0 radical (unpaired) electrons. The maximum absolute atomic E-state index is 10.6. The molecule has 3 rings (SSSR count). The zero-order valence-corrected chi connectivity index (χ0v) is 11.1. The molecule has 3 fully saturated rings. The molecule has 0 heterocycles. The summed E-state index contributed by atoms with van der Waals surface area (Å²) >= 11 is 0. The number of hydrogen-bond acceptors (Lipinski definition) is 2. The molecular weight excluding hydrogens is 212 g/mol. The maximum atomic E-state index is 10.6. The number of fused-ring (bicyclic) bond motifs is 3. The van der Waals surface area contributed by atoms with Crippen molar-refractivity contribution in [2.24, 2.45) is 29.1 Å². The molecule has 3 saturated carbocycles. The van der Waals surface area contributed by atoms with E-state index in [9.17, 15) is 10.2 Å². The third kappa shape index (κ3) is 1.40. The van der Waals surface area contributed by atoms with E-state index in [0.717, 1.165) is 24.8 Å². The van der Waals surface area contributed by atoms with Crippen LogP contribution in [-0.4, -0.2) is 21.9 Å². The average molecular weight is 236 g/mol. The molecule has 0 aromatic carbocycles. The zero-order valence-electron chi connectivity index (χ0n) is 11.1. The van der Waals surface area contributed by atoms with E-state index in [-0.39, 0.29) is 6.10 Å². The monoisotopic (exact) mass is 236 g/mol. The molecule has 2 heteroatoms. The van der Waals surface area contributed by atoms with Crippen molar-refractivity contribution in [3.8, 4) is 0 Å². The second kappa shape index (κ2) is 3.16. The molecule has 0 aromatic heterocycles. The lowest BCUT2D eigenvalue weighted by Gasteiger charge is -2.32. The van der Waals surface area contributed by atoms with Gasteiger partial charge in [0.1, 0.15) is 0 Å². The van der Waals surface area contributed by atoms with Crippen LogP contribution in [-0.2, 0) is 0 Å². The van der Waals surface area contributed by atoms with Crippen LogP contribution in [0.15, 0.2) is 12.2 Å². The highest BCUT2D eigenvalue weighted by molar-refractivity contribution is 5.25. The summed E-state index contributed by atoms with van der Waals surface area (Å²) < 4.78 is 0. The van der Waals surface area contributed by atoms with Crippen LogP contribution in [0.5, 0.6) is 0 Å². The molecule has 2 nitrogen and oxygen atoms in total. The molecule has 3 aliphatic carbocycles. The van der Waals surface area contributed by atoms with Crippen molar-refractivity contribution in [3.63, 3.8) is 0 Å². The minimum Gasteiger partial charge on any atom is -0.390 e. The van der Waals surface area contributed by atoms with E-state index in [2.05, 4.69) is 20.4 Å². The van der Waals surface area contributed by atoms with Crippen molar-refractivity contribution in [2.45, 2.75) is 51.7 Å². The largest absolute Gasteiger partial charge is 0.390 e. The van der Waals surface area contributed by atoms with Crippen LogP contribution in [0, 0.1) is 29.1 Å². The van der Waals surface area contributed by atoms with E-state index in [0.29, 0.717) is 29.1 Å². The average Bonchev–Trinajstić information content (AvgIpc) is 2.61. The standard InChI is InChI=1S/C15H24O2/c1-8-9-5-6-15(4,17)12(9)13-10(7-11(8)16)14(13,2)3/h9-13,16-17H,1,5-7H2,2-4H3. The minimum atomic E-state index is -0.561. The summed E-state index contributed by atoms with van der Waals surface area (Å²) in [4.78, 5) is 0. The van der Waals surface area contributed by atoms with E-state index in [1.54, 1.807) is 0 Å². The van der Waals surface area contributed by atoms with Crippen LogP contribution >= 0.6 is 0 Å². The van der Waals surface area contributed by atoms with Gasteiger partial charge in [-0.1, -0.05) is 20.4 Å². The van der Waals surface area contributed by atoms with Crippen LogP contribution in [0.3, 0.4) is 0 Å². The molecule has 0 saturated heterocycles. The van der Waals surface area contributed by atoms with Gasteiger partial charge in [-0.3, -0.25) is 0 Å². The Labute approximate surface area is 104 Å². The fourth-order valence-electron chi connectivity index (χ4n) is 4.87. The number of hydrogen-bond donors (Lipinski definition) is 2. The molecule has 0 aliphatic heterocycles. The predicted octanol–water partition coefficient (Wildman–Crippen LogP) is 2.36. The summed E-state index contributed by atoms with van der Waals surface area (Å²) in [6.45, 7) is 10.7. The van der Waals surface area contributed by atoms with Gasteiger partial charge in [0, 0.05) is 0 Å². The van der Waals surface area contributed by atoms with Gasteiger partial charge < -0.3 is 10.2 Å². The van der Waals surface area contributed by atoms with Crippen LogP contribution < -0.4 is 0 Å². The smallest absolute Gasteiger partial charge is 0.0753 e. The number of aliphatic hydroxyl groups is 2. The lowest BCUT2D eigenvalue weighted by Crippen LogP contribution is -2.35. The topological polar surface area (TPSA) is 40.5 Å². The van der Waals surface area contributed by atoms with Crippen LogP contribution in [0.2, 0.25) is 0 Å². The normalized spacial score (nSPS) is 56.1. The first kappa shape index (κ1) is 11.7. The molecule has 17 heavy (non-hydrogen) atoms. The Morgan fingerprint density at radius 3 is 2.53 bits per heavy atom. The van der Waals surface area contributed by atoms with Gasteiger partial charge in [-0.25, -0.2) is 0 Å². The van der Waals surface area contributed by atoms with Crippen LogP contribution in [0.25, 0.3) is 0 Å². The second-order valence-electron chi connectivity index (χ2n) is 7.31. The van der Waals surface area contributed by atoms with Crippen molar-refractivity contribution in [1.82, 2.24) is 0 Å². The highest BCUT2D eigenvalue weighted by Crippen LogP contribution is 2.71. The Morgan fingerprint density at radius 2 is 1.88 bits per heavy atom. The lowest BCUT2D eigenvalue weighted by molar-refractivity contribution is -0.00190. The summed E-state index contributed by atoms with van der Waals surface area (Å²) in [5.74, 6) is 1.77. The Kier molecular flexibility index (Phi) is 2.18. The first-order valence-corrected chi connectivity index (χ1v) is 6.86. The van der Waals surface area contributed by atoms with Crippen molar-refractivity contribution in [3.05, 3.63) is 12.2 Å². The Hall–Kier alpha value is -0.340. The summed E-state index contributed by atoms with van der Waals surface area (Å²) in [6.07, 6.45) is 2.34. The van der Waals surface area contributed by atoms with E-state index < -0.39 is 5.60 Å². The fraction of sp³-hybridized carbons (Fsp3) is 0.867. The van der Waals surface area contributed by atoms with E-state index in [4.69, 9.17) is 0 Å². The predicted molar refractivity (Wildman–Crippen MR) is 67.4 cm³/mol. The highest BCUT2D eigenvalue weighted by Gasteiger charge is 2.68. The Morgan fingerprint density at radius 1 is 1.24 bits per heavy atom. The lowest BCUT2D eigenvalue weighted by atomic mass is 9.77. The van der Waals surface area contributed by atoms with E-state index in [1.165, 1.54) is 0 Å². The van der Waals surface area contributed by atoms with Gasteiger partial charge in [0.15, 0.2) is 0 Å². The van der Waals surface area contributed by atoms with E-state index in [1.807, 2.05) is 6.92 Å². The third-order valence-corrected chi connectivity index (χ3v) is 6.02. The van der Waals surface area contributed by atoms with Gasteiger partial charge in [-0.05, 0) is 60.8 Å². The quantitative estimate of drug-likeness (QED) is 0.634. The Balaban J connectivity index is 2.01. The van der Waals surface area contributed by atoms with Gasteiger partial charge in [0.05, 0.1) is 11.7 Å². The summed E-state index contributed by atoms with van der Waals surface area (Å²) in [7, 11) is 0. The molecule has 2 N–H and O–H groups in total. The molecule has 96 valence electrons. The Bertz CT molecular complexity index is 369. The number of aliphatic hydroxyl groups excluding tert-OH is 1. The van der Waals surface area contributed by atoms with Crippen molar-refractivity contribution >= 4 is 0 Å². The fourth-order valence-corrected chi connectivity index (χ4v) is 4.87. The van der Waals surface area contributed by atoms with Gasteiger partial charge in [-0.15, -0.1) is 0 Å². The second-order valence-corrected chi connectivity index (χ2v) is 7.31. The summed E-state index contributed by atoms with van der Waals surface area (Å²) in [6, 6.07) is 0. The first-order valence-electron chi connectivity index (χ1n) is 6.86. The third-order valence-electron chi connectivity index (χ3n) is 6.02. The van der Waals surface area contributed by atoms with Gasteiger partial charge in [-0.2, -0.15) is 0 Å². The molecule has 6 atom stereocenters. The minimum absolute atomic E-state index is 0.291. The molecule has 6 unspecified atom stereocenters. The first-order chi connectivity index (χ1) is 7.77. The van der Waals surface area contributed by atoms with Crippen LogP contribution in [0.1, 0.15) is 40.0 Å². The number of rotatable bonds is 0. The molecule has 0 spiro atoms. The SMILES string of the molecule is C=C1C(O)CC2C(C3C1CCC3(C)O)C2(C)C. The molecule has 0 aromatic rings. The van der Waals surface area contributed by atoms with Gasteiger partial charge >= 0.3 is 0 Å². The van der Waals surface area contributed by atoms with Crippen molar-refractivity contribution < 1.29 is 10.2 Å². The summed E-state index contributed by atoms with van der Waals surface area (Å²) in [5, 5.41) is 20.8. The zero-order chi connectivity index (χ0) is 12.6. The molecule has 3 aliphatic rings. The summed E-state index contributed by atoms with van der Waals surface area (Å²) in [5.41, 5.74) is 0.712. The van der Waals surface area contributed by atoms with Gasteiger partial charge in [0.2, 0.25) is 0 Å². The van der Waals surface area contributed by atoms with Crippen molar-refractivity contribution in [1.29, 1.82) is 0 Å². The van der Waals surface area contributed by atoms with Gasteiger partial charge in [0.25, 0.3) is 0 Å². The van der Waals surface area contributed by atoms with Crippen LogP contribution in [0.4, 0.5) is 0 Å². The highest BCUT2D eigenvalue weighted by atomic mass is 16.3. The van der Waals surface area contributed by atoms with Crippen molar-refractivity contribution in [2.75, 3.05) is 0 Å². The van der Waals surface area contributed by atoms with E-state index >= 15 is 0 Å². The maximum Gasteiger partial charge on any atom is 0.0753 e. The molecule has 0 amide bonds. The molecule has 0 bridgehead atoms.